The molecule has 1 atom stereocenters. The van der Waals surface area contributed by atoms with Crippen molar-refractivity contribution in [2.75, 3.05) is 41.3 Å². The second-order valence-corrected chi connectivity index (χ2v) is 12.8. The number of benzene rings is 4. The van der Waals surface area contributed by atoms with Gasteiger partial charge in [-0.15, -0.1) is 0 Å². The normalized spacial score (nSPS) is 16.9. The van der Waals surface area contributed by atoms with Crippen LogP contribution < -0.4 is 19.8 Å². The molecular weight excluding hydrogens is 563 g/mol. The molecule has 9 heteroatoms. The minimum absolute atomic E-state index is 0.118. The predicted octanol–water partition coefficient (Wildman–Crippen LogP) is 5.69. The monoisotopic (exact) mass is 598 g/mol. The molecular formula is C34H35FN4O3S. The highest BCUT2D eigenvalue weighted by Crippen LogP contribution is 2.35. The number of hydrogen-bond acceptors (Lipinski definition) is 5. The van der Waals surface area contributed by atoms with Crippen LogP contribution in [0.4, 0.5) is 21.5 Å². The molecule has 2 N–H and O–H groups in total. The summed E-state index contributed by atoms with van der Waals surface area (Å²) in [6, 6.07) is 28.8. The number of hydrogen-bond donors (Lipinski definition) is 2. The molecule has 4 aromatic carbocycles. The number of fused-ring (bicyclic) bond motifs is 1. The summed E-state index contributed by atoms with van der Waals surface area (Å²) in [5, 5.41) is 2.89. The van der Waals surface area contributed by atoms with Crippen LogP contribution in [-0.2, 0) is 27.7 Å². The maximum Gasteiger partial charge on any atom is 0.243 e. The van der Waals surface area contributed by atoms with Crippen LogP contribution in [0.1, 0.15) is 35.6 Å². The number of para-hydroxylation sites is 1. The van der Waals surface area contributed by atoms with Crippen LogP contribution in [0.5, 0.6) is 0 Å². The maximum absolute atomic E-state index is 14.5. The summed E-state index contributed by atoms with van der Waals surface area (Å²) in [4.78, 5) is 17.0. The summed E-state index contributed by atoms with van der Waals surface area (Å²) in [5.41, 5.74) is 4.56. The Morgan fingerprint density at radius 2 is 1.49 bits per heavy atom. The van der Waals surface area contributed by atoms with Gasteiger partial charge in [-0.2, -0.15) is 0 Å². The van der Waals surface area contributed by atoms with Gasteiger partial charge in [0.25, 0.3) is 0 Å². The van der Waals surface area contributed by atoms with E-state index in [1.807, 2.05) is 64.4 Å². The van der Waals surface area contributed by atoms with Gasteiger partial charge in [0, 0.05) is 37.9 Å². The number of carbonyl (C=O) groups is 1. The predicted molar refractivity (Wildman–Crippen MR) is 168 cm³/mol. The second-order valence-electron chi connectivity index (χ2n) is 11.1. The molecule has 1 aliphatic carbocycles. The van der Waals surface area contributed by atoms with E-state index < -0.39 is 10.0 Å². The molecule has 1 aliphatic heterocycles. The summed E-state index contributed by atoms with van der Waals surface area (Å²) < 4.78 is 45.7. The van der Waals surface area contributed by atoms with Crippen LogP contribution in [0.2, 0.25) is 0 Å². The van der Waals surface area contributed by atoms with Gasteiger partial charge in [0.05, 0.1) is 17.8 Å². The number of piperazine rings is 1. The zero-order valence-corrected chi connectivity index (χ0v) is 24.7. The fourth-order valence-electron chi connectivity index (χ4n) is 6.08. The first kappa shape index (κ1) is 28.9. The lowest BCUT2D eigenvalue weighted by molar-refractivity contribution is -0.115. The zero-order chi connectivity index (χ0) is 29.8. The van der Waals surface area contributed by atoms with E-state index in [0.717, 1.165) is 29.5 Å². The topological polar surface area (TPSA) is 81.8 Å². The van der Waals surface area contributed by atoms with Crippen molar-refractivity contribution in [3.63, 3.8) is 0 Å². The quantitative estimate of drug-likeness (QED) is 0.273. The first-order valence-electron chi connectivity index (χ1n) is 14.7. The third-order valence-electron chi connectivity index (χ3n) is 8.22. The van der Waals surface area contributed by atoms with Gasteiger partial charge in [0.1, 0.15) is 10.7 Å². The van der Waals surface area contributed by atoms with Gasteiger partial charge in [-0.3, -0.25) is 4.79 Å². The molecule has 1 heterocycles. The van der Waals surface area contributed by atoms with Crippen LogP contribution in [0, 0.1) is 5.82 Å². The summed E-state index contributed by atoms with van der Waals surface area (Å²) >= 11 is 0. The van der Waals surface area contributed by atoms with E-state index in [2.05, 4.69) is 16.1 Å². The maximum atomic E-state index is 14.5. The largest absolute Gasteiger partial charge is 0.367 e. The highest BCUT2D eigenvalue weighted by molar-refractivity contribution is 7.89. The first-order valence-corrected chi connectivity index (χ1v) is 16.2. The molecule has 0 saturated carbocycles. The number of nitrogens with one attached hydrogen (secondary N) is 2. The standard InChI is InChI=1S/C34H35FN4O3S/c35-29-14-6-7-16-31(29)38-19-21-39(22-20-38)32-18-17-27(36-34(40)23-25-9-2-1-3-10-25)24-33(32)43(41,42)37-30-15-8-12-26-11-4-5-13-28(26)30/h1-7,9-11,13-14,16-18,24,30,37H,8,12,15,19-23H2,(H,36,40)/t30-/m0/s1. The number of aryl methyl sites for hydroxylation is 1. The van der Waals surface area contributed by atoms with E-state index >= 15 is 0 Å². The van der Waals surface area contributed by atoms with Crippen LogP contribution in [0.15, 0.2) is 102 Å². The molecule has 1 fully saturated rings. The van der Waals surface area contributed by atoms with E-state index in [4.69, 9.17) is 0 Å². The molecule has 0 bridgehead atoms. The Balaban J connectivity index is 1.28. The smallest absolute Gasteiger partial charge is 0.243 e. The van der Waals surface area contributed by atoms with Crippen molar-refractivity contribution in [3.8, 4) is 0 Å². The number of sulfonamides is 1. The van der Waals surface area contributed by atoms with Gasteiger partial charge in [-0.1, -0.05) is 66.7 Å². The van der Waals surface area contributed by atoms with Crippen LogP contribution in [-0.4, -0.2) is 40.5 Å². The first-order chi connectivity index (χ1) is 20.9. The van der Waals surface area contributed by atoms with Crippen LogP contribution in [0.3, 0.4) is 0 Å². The molecule has 0 unspecified atom stereocenters. The van der Waals surface area contributed by atoms with Crippen molar-refractivity contribution < 1.29 is 17.6 Å². The third-order valence-corrected chi connectivity index (χ3v) is 9.72. The highest BCUT2D eigenvalue weighted by atomic mass is 32.2. The van der Waals surface area contributed by atoms with E-state index in [9.17, 15) is 17.6 Å². The molecule has 0 spiro atoms. The Kier molecular flexibility index (Phi) is 8.44. The number of amides is 1. The molecule has 1 saturated heterocycles. The molecule has 2 aliphatic rings. The summed E-state index contributed by atoms with van der Waals surface area (Å²) in [6.45, 7) is 2.12. The van der Waals surface area contributed by atoms with Gasteiger partial charge in [0.2, 0.25) is 15.9 Å². The van der Waals surface area contributed by atoms with Gasteiger partial charge < -0.3 is 15.1 Å². The minimum atomic E-state index is -3.99. The lowest BCUT2D eigenvalue weighted by Gasteiger charge is -2.38. The fourth-order valence-corrected chi connectivity index (χ4v) is 7.58. The number of anilines is 3. The summed E-state index contributed by atoms with van der Waals surface area (Å²) in [6.07, 6.45) is 2.71. The van der Waals surface area contributed by atoms with E-state index in [-0.39, 0.29) is 29.1 Å². The Hall–Kier alpha value is -4.21. The number of halogens is 1. The van der Waals surface area contributed by atoms with Gasteiger partial charge in [-0.25, -0.2) is 17.5 Å². The summed E-state index contributed by atoms with van der Waals surface area (Å²) in [7, 11) is -3.99. The molecule has 6 rings (SSSR count). The van der Waals surface area contributed by atoms with E-state index in [1.165, 1.54) is 6.07 Å². The van der Waals surface area contributed by atoms with Crippen LogP contribution in [0.25, 0.3) is 0 Å². The Morgan fingerprint density at radius 3 is 2.26 bits per heavy atom. The average molecular weight is 599 g/mol. The molecule has 7 nitrogen and oxygen atoms in total. The third kappa shape index (κ3) is 6.58. The molecule has 1 amide bonds. The van der Waals surface area contributed by atoms with Gasteiger partial charge in [-0.05, 0) is 66.3 Å². The van der Waals surface area contributed by atoms with E-state index in [0.29, 0.717) is 49.7 Å². The molecule has 43 heavy (non-hydrogen) atoms. The zero-order valence-electron chi connectivity index (χ0n) is 23.9. The number of nitrogens with zero attached hydrogens (tertiary/aromatic N) is 2. The van der Waals surface area contributed by atoms with E-state index in [1.54, 1.807) is 30.3 Å². The van der Waals surface area contributed by atoms with Crippen molar-refractivity contribution >= 4 is 33.0 Å². The van der Waals surface area contributed by atoms with Crippen molar-refractivity contribution in [2.45, 2.75) is 36.6 Å². The SMILES string of the molecule is O=C(Cc1ccccc1)Nc1ccc(N2CCN(c3ccccc3F)CC2)c(S(=O)(=O)N[C@H]2CCCc3ccccc32)c1. The lowest BCUT2D eigenvalue weighted by Crippen LogP contribution is -2.47. The van der Waals surface area contributed by atoms with Crippen molar-refractivity contribution in [3.05, 3.63) is 120 Å². The Morgan fingerprint density at radius 1 is 0.814 bits per heavy atom. The Labute approximate surface area is 252 Å². The summed E-state index contributed by atoms with van der Waals surface area (Å²) in [5.74, 6) is -0.498. The van der Waals surface area contributed by atoms with Gasteiger partial charge in [0.15, 0.2) is 0 Å². The van der Waals surface area contributed by atoms with Crippen molar-refractivity contribution in [1.82, 2.24) is 4.72 Å². The Bertz CT molecular complexity index is 1710. The average Bonchev–Trinajstić information content (AvgIpc) is 3.02. The molecule has 222 valence electrons. The second kappa shape index (κ2) is 12.6. The highest BCUT2D eigenvalue weighted by Gasteiger charge is 2.30. The number of rotatable bonds is 8. The van der Waals surface area contributed by atoms with Gasteiger partial charge >= 0.3 is 0 Å². The van der Waals surface area contributed by atoms with Crippen molar-refractivity contribution in [1.29, 1.82) is 0 Å². The molecule has 0 radical (unpaired) electrons. The van der Waals surface area contributed by atoms with Crippen LogP contribution >= 0.6 is 0 Å². The fraction of sp³-hybridized carbons (Fsp3) is 0.265. The van der Waals surface area contributed by atoms with Crippen molar-refractivity contribution in [2.24, 2.45) is 0 Å². The molecule has 0 aromatic heterocycles. The molecule has 4 aromatic rings. The lowest BCUT2D eigenvalue weighted by atomic mass is 9.88. The number of carbonyl (C=O) groups excluding carboxylic acids is 1. The minimum Gasteiger partial charge on any atom is -0.367 e.